The Labute approximate surface area is 133 Å². The van der Waals surface area contributed by atoms with Crippen LogP contribution in [0.2, 0.25) is 5.02 Å². The number of halogens is 1. The van der Waals surface area contributed by atoms with Crippen molar-refractivity contribution in [3.8, 4) is 11.5 Å². The third-order valence-corrected chi connectivity index (χ3v) is 3.97. The summed E-state index contributed by atoms with van der Waals surface area (Å²) >= 11 is 6.03. The number of unbranched alkanes of at least 4 members (excludes halogenated alkanes) is 3. The van der Waals surface area contributed by atoms with E-state index in [0.29, 0.717) is 6.54 Å². The van der Waals surface area contributed by atoms with Gasteiger partial charge in [0, 0.05) is 6.54 Å². The molecule has 1 aliphatic carbocycles. The van der Waals surface area contributed by atoms with Crippen LogP contribution in [0.3, 0.4) is 0 Å². The van der Waals surface area contributed by atoms with E-state index in [1.54, 1.807) is 0 Å². The first-order valence-corrected chi connectivity index (χ1v) is 7.64. The summed E-state index contributed by atoms with van der Waals surface area (Å²) in [6.07, 6.45) is 6.23. The number of allylic oxidation sites excluding steroid dienone is 2. The second-order valence-electron chi connectivity index (χ2n) is 5.19. The monoisotopic (exact) mass is 323 g/mol. The minimum absolute atomic E-state index is 0.0888. The van der Waals surface area contributed by atoms with E-state index in [1.807, 2.05) is 0 Å². The highest BCUT2D eigenvalue weighted by molar-refractivity contribution is 6.37. The number of aromatic hydroxyl groups is 2. The van der Waals surface area contributed by atoms with Crippen LogP contribution in [0.1, 0.15) is 53.3 Å². The number of ketones is 2. The smallest absolute Gasteiger partial charge is 0.190 e. The summed E-state index contributed by atoms with van der Waals surface area (Å²) in [7, 11) is 0. The second-order valence-corrected chi connectivity index (χ2v) is 5.56. The number of nitrogens with one attached hydrogen (secondary N) is 1. The van der Waals surface area contributed by atoms with Crippen LogP contribution in [0, 0.1) is 0 Å². The number of carbonyl (C=O) groups excluding carboxylic acids is 2. The van der Waals surface area contributed by atoms with Crippen LogP contribution >= 0.6 is 11.6 Å². The summed E-state index contributed by atoms with van der Waals surface area (Å²) in [4.78, 5) is 23.7. The predicted molar refractivity (Wildman–Crippen MR) is 85.2 cm³/mol. The molecule has 0 fully saturated rings. The molecule has 0 atom stereocenters. The number of phenolic OH excluding ortho intramolecular Hbond substituents is 2. The average Bonchev–Trinajstić information content (AvgIpc) is 2.50. The zero-order valence-corrected chi connectivity index (χ0v) is 13.0. The maximum Gasteiger partial charge on any atom is 0.190 e. The Bertz CT molecular complexity index is 652. The fourth-order valence-electron chi connectivity index (χ4n) is 2.42. The number of rotatable bonds is 6. The molecule has 0 unspecified atom stereocenters. The lowest BCUT2D eigenvalue weighted by Gasteiger charge is -2.18. The van der Waals surface area contributed by atoms with E-state index in [9.17, 15) is 19.8 Å². The van der Waals surface area contributed by atoms with Crippen molar-refractivity contribution in [1.82, 2.24) is 0 Å². The van der Waals surface area contributed by atoms with Gasteiger partial charge in [-0.05, 0) is 18.6 Å². The van der Waals surface area contributed by atoms with E-state index < -0.39 is 23.1 Å². The van der Waals surface area contributed by atoms with Crippen molar-refractivity contribution in [2.45, 2.75) is 32.6 Å². The molecule has 0 aromatic heterocycles. The maximum absolute atomic E-state index is 11.9. The van der Waals surface area contributed by atoms with Gasteiger partial charge in [0.1, 0.15) is 16.5 Å². The third kappa shape index (κ3) is 2.95. The lowest BCUT2D eigenvalue weighted by atomic mass is 9.92. The molecule has 2 rings (SSSR count). The van der Waals surface area contributed by atoms with E-state index in [2.05, 4.69) is 12.2 Å². The lowest BCUT2D eigenvalue weighted by molar-refractivity contribution is 0.0989. The van der Waals surface area contributed by atoms with Crippen LogP contribution in [0.15, 0.2) is 12.2 Å². The van der Waals surface area contributed by atoms with Gasteiger partial charge in [-0.15, -0.1) is 0 Å². The number of carbonyl (C=O) groups is 2. The molecule has 0 spiro atoms. The molecule has 0 amide bonds. The van der Waals surface area contributed by atoms with E-state index in [4.69, 9.17) is 11.6 Å². The molecule has 0 radical (unpaired) electrons. The Hall–Kier alpha value is -2.01. The Morgan fingerprint density at radius 3 is 2.18 bits per heavy atom. The Balaban J connectivity index is 2.33. The molecule has 5 nitrogen and oxygen atoms in total. The molecule has 118 valence electrons. The Kier molecular flexibility index (Phi) is 5.08. The molecular formula is C16H18ClNO4. The first-order valence-electron chi connectivity index (χ1n) is 7.27. The fraction of sp³-hybridized carbons (Fsp3) is 0.375. The first-order chi connectivity index (χ1) is 10.5. The molecule has 0 heterocycles. The summed E-state index contributed by atoms with van der Waals surface area (Å²) in [6, 6.07) is 0. The molecule has 3 N–H and O–H groups in total. The molecule has 0 saturated heterocycles. The number of hydrogen-bond acceptors (Lipinski definition) is 5. The molecule has 22 heavy (non-hydrogen) atoms. The van der Waals surface area contributed by atoms with E-state index in [0.717, 1.165) is 37.8 Å². The predicted octanol–water partition coefficient (Wildman–Crippen LogP) is 3.68. The zero-order valence-electron chi connectivity index (χ0n) is 12.3. The minimum atomic E-state index is -0.557. The summed E-state index contributed by atoms with van der Waals surface area (Å²) in [5, 5.41) is 23.1. The van der Waals surface area contributed by atoms with Crippen molar-refractivity contribution in [3.05, 3.63) is 28.3 Å². The highest BCUT2D eigenvalue weighted by Crippen LogP contribution is 2.46. The van der Waals surface area contributed by atoms with Gasteiger partial charge in [-0.1, -0.05) is 37.8 Å². The summed E-state index contributed by atoms with van der Waals surface area (Å²) in [5.41, 5.74) is -0.358. The van der Waals surface area contributed by atoms with Crippen molar-refractivity contribution in [1.29, 1.82) is 0 Å². The molecule has 0 bridgehead atoms. The van der Waals surface area contributed by atoms with Gasteiger partial charge in [0.15, 0.2) is 17.3 Å². The number of anilines is 1. The van der Waals surface area contributed by atoms with Crippen molar-refractivity contribution < 1.29 is 19.8 Å². The molecule has 0 aliphatic heterocycles. The zero-order chi connectivity index (χ0) is 16.3. The molecule has 1 aliphatic rings. The summed E-state index contributed by atoms with van der Waals surface area (Å²) < 4.78 is 0. The van der Waals surface area contributed by atoms with Crippen molar-refractivity contribution in [2.75, 3.05) is 11.9 Å². The van der Waals surface area contributed by atoms with Crippen LogP contribution in [0.4, 0.5) is 5.69 Å². The van der Waals surface area contributed by atoms with Gasteiger partial charge in [0.05, 0.1) is 11.1 Å². The van der Waals surface area contributed by atoms with E-state index in [1.165, 1.54) is 0 Å². The number of fused-ring (bicyclic) bond motifs is 1. The quantitative estimate of drug-likeness (QED) is 0.422. The van der Waals surface area contributed by atoms with Gasteiger partial charge < -0.3 is 15.5 Å². The standard InChI is InChI=1S/C16H18ClNO4/c1-2-3-4-5-8-18-14-13(17)15(21)11-9(19)6-7-10(20)12(11)16(14)22/h6-7,18,21-22H,2-5,8H2,1H3. The molecule has 1 aromatic carbocycles. The maximum atomic E-state index is 11.9. The molecular weight excluding hydrogens is 306 g/mol. The summed E-state index contributed by atoms with van der Waals surface area (Å²) in [5.74, 6) is -1.96. The van der Waals surface area contributed by atoms with Gasteiger partial charge in [0.2, 0.25) is 0 Å². The topological polar surface area (TPSA) is 86.6 Å². The highest BCUT2D eigenvalue weighted by atomic mass is 35.5. The van der Waals surface area contributed by atoms with Crippen molar-refractivity contribution >= 4 is 28.9 Å². The van der Waals surface area contributed by atoms with E-state index in [-0.39, 0.29) is 21.8 Å². The van der Waals surface area contributed by atoms with Gasteiger partial charge in [-0.3, -0.25) is 9.59 Å². The Morgan fingerprint density at radius 2 is 1.59 bits per heavy atom. The summed E-state index contributed by atoms with van der Waals surface area (Å²) in [6.45, 7) is 2.65. The van der Waals surface area contributed by atoms with Gasteiger partial charge >= 0.3 is 0 Å². The molecule has 1 aromatic rings. The van der Waals surface area contributed by atoms with E-state index >= 15 is 0 Å². The van der Waals surface area contributed by atoms with Crippen molar-refractivity contribution in [3.63, 3.8) is 0 Å². The minimum Gasteiger partial charge on any atom is -0.505 e. The normalized spacial score (nSPS) is 13.4. The van der Waals surface area contributed by atoms with Crippen LogP contribution in [-0.4, -0.2) is 28.3 Å². The molecule has 0 saturated carbocycles. The third-order valence-electron chi connectivity index (χ3n) is 3.60. The van der Waals surface area contributed by atoms with Crippen LogP contribution in [0.25, 0.3) is 0 Å². The fourth-order valence-corrected chi connectivity index (χ4v) is 2.67. The highest BCUT2D eigenvalue weighted by Gasteiger charge is 2.31. The van der Waals surface area contributed by atoms with Gasteiger partial charge in [-0.25, -0.2) is 0 Å². The van der Waals surface area contributed by atoms with Crippen LogP contribution < -0.4 is 5.32 Å². The Morgan fingerprint density at radius 1 is 1.00 bits per heavy atom. The van der Waals surface area contributed by atoms with Crippen molar-refractivity contribution in [2.24, 2.45) is 0 Å². The van der Waals surface area contributed by atoms with Crippen LogP contribution in [0.5, 0.6) is 11.5 Å². The lowest BCUT2D eigenvalue weighted by Crippen LogP contribution is -2.14. The second kappa shape index (κ2) is 6.83. The molecule has 6 heteroatoms. The number of hydrogen-bond donors (Lipinski definition) is 3. The number of benzene rings is 1. The average molecular weight is 324 g/mol. The van der Waals surface area contributed by atoms with Gasteiger partial charge in [0.25, 0.3) is 0 Å². The largest absolute Gasteiger partial charge is 0.505 e. The number of phenols is 2. The SMILES string of the molecule is CCCCCCNc1c(O)c2c(c(O)c1Cl)C(=O)C=CC2=O. The van der Waals surface area contributed by atoms with Crippen LogP contribution in [-0.2, 0) is 0 Å². The van der Waals surface area contributed by atoms with Gasteiger partial charge in [-0.2, -0.15) is 0 Å². The first kappa shape index (κ1) is 16.4.